The predicted molar refractivity (Wildman–Crippen MR) is 123 cm³/mol. The van der Waals surface area contributed by atoms with Crippen molar-refractivity contribution >= 4 is 79.0 Å². The molecule has 0 aliphatic rings. The number of amides is 1. The van der Waals surface area contributed by atoms with E-state index in [1.807, 2.05) is 31.1 Å². The fourth-order valence-electron chi connectivity index (χ4n) is 2.38. The highest BCUT2D eigenvalue weighted by Crippen LogP contribution is 2.31. The third-order valence-corrected chi connectivity index (χ3v) is 6.07. The van der Waals surface area contributed by atoms with Crippen molar-refractivity contribution in [1.82, 2.24) is 9.88 Å². The molecule has 0 spiro atoms. The van der Waals surface area contributed by atoms with Crippen LogP contribution in [0.5, 0.6) is 0 Å². The van der Waals surface area contributed by atoms with Crippen molar-refractivity contribution in [2.24, 2.45) is 0 Å². The molecule has 1 aromatic carbocycles. The van der Waals surface area contributed by atoms with Gasteiger partial charge in [-0.25, -0.2) is 4.98 Å². The van der Waals surface area contributed by atoms with Gasteiger partial charge in [-0.1, -0.05) is 34.3 Å². The Bertz CT molecular complexity index is 1050. The molecule has 0 unspecified atom stereocenters. The van der Waals surface area contributed by atoms with Crippen molar-refractivity contribution in [1.29, 1.82) is 0 Å². The Hall–Kier alpha value is -2.04. The van der Waals surface area contributed by atoms with E-state index in [0.29, 0.717) is 28.1 Å². The van der Waals surface area contributed by atoms with E-state index in [0.717, 1.165) is 21.6 Å². The normalized spacial score (nSPS) is 11.2. The second-order valence-electron chi connectivity index (χ2n) is 6.17. The fraction of sp³-hybridized carbons (Fsp3) is 0.222. The highest BCUT2D eigenvalue weighted by molar-refractivity contribution is 7.22. The summed E-state index contributed by atoms with van der Waals surface area (Å²) in [5, 5.41) is 12.0. The number of benzene rings is 1. The van der Waals surface area contributed by atoms with Crippen molar-refractivity contribution in [2.45, 2.75) is 0 Å². The molecule has 1 amide bonds. The summed E-state index contributed by atoms with van der Waals surface area (Å²) < 4.78 is 0.906. The summed E-state index contributed by atoms with van der Waals surface area (Å²) in [6.45, 7) is 1.13. The lowest BCUT2D eigenvalue weighted by Gasteiger charge is -2.20. The first kappa shape index (κ1) is 23.2. The van der Waals surface area contributed by atoms with E-state index in [1.165, 1.54) is 23.5 Å². The Labute approximate surface area is 186 Å². The summed E-state index contributed by atoms with van der Waals surface area (Å²) in [7, 11) is 3.86. The highest BCUT2D eigenvalue weighted by Gasteiger charge is 2.18. The first-order chi connectivity index (χ1) is 13.3. The molecule has 0 fully saturated rings. The molecule has 3 aromatic rings. The van der Waals surface area contributed by atoms with Crippen LogP contribution in [0.2, 0.25) is 5.02 Å². The summed E-state index contributed by atoms with van der Waals surface area (Å²) in [6, 6.07) is 8.47. The number of fused-ring (bicyclic) bond motifs is 1. The van der Waals surface area contributed by atoms with Gasteiger partial charge in [-0.05, 0) is 44.4 Å². The van der Waals surface area contributed by atoms with Crippen LogP contribution in [0.1, 0.15) is 4.88 Å². The summed E-state index contributed by atoms with van der Waals surface area (Å²) in [5.41, 5.74) is 0.782. The van der Waals surface area contributed by atoms with E-state index in [9.17, 15) is 14.9 Å². The lowest BCUT2D eigenvalue weighted by Crippen LogP contribution is -2.35. The van der Waals surface area contributed by atoms with Gasteiger partial charge in [-0.2, -0.15) is 0 Å². The molecule has 7 nitrogen and oxygen atoms in total. The average Bonchev–Trinajstić information content (AvgIpc) is 3.26. The van der Waals surface area contributed by atoms with E-state index < -0.39 is 4.92 Å². The molecule has 0 atom stereocenters. The van der Waals surface area contributed by atoms with Gasteiger partial charge in [0.1, 0.15) is 0 Å². The maximum atomic E-state index is 12.8. The molecule has 0 N–H and O–H groups in total. The topological polar surface area (TPSA) is 79.6 Å². The van der Waals surface area contributed by atoms with Crippen molar-refractivity contribution in [3.05, 3.63) is 56.4 Å². The van der Waals surface area contributed by atoms with Crippen molar-refractivity contribution in [2.75, 3.05) is 32.1 Å². The first-order valence-corrected chi connectivity index (χ1v) is 10.3. The summed E-state index contributed by atoms with van der Waals surface area (Å²) >= 11 is 8.47. The largest absolute Gasteiger partial charge is 0.324 e. The number of halogens is 2. The molecule has 154 valence electrons. The quantitative estimate of drug-likeness (QED) is 0.276. The Morgan fingerprint density at radius 1 is 1.24 bits per heavy atom. The minimum absolute atomic E-state index is 0. The number of likely N-dealkylation sites (N-methyl/N-ethyl adjacent to an activating group) is 1. The number of anilines is 1. The maximum Gasteiger partial charge on any atom is 0.324 e. The highest BCUT2D eigenvalue weighted by atomic mass is 35.5. The molecule has 0 radical (unpaired) electrons. The van der Waals surface area contributed by atoms with E-state index in [1.54, 1.807) is 23.1 Å². The monoisotopic (exact) mass is 472 g/mol. The van der Waals surface area contributed by atoms with Crippen LogP contribution >= 0.6 is 46.7 Å². The number of thiophene rings is 1. The van der Waals surface area contributed by atoms with Crippen LogP contribution in [0.15, 0.2) is 36.4 Å². The number of nitrogens with zero attached hydrogens (tertiary/aromatic N) is 4. The zero-order valence-corrected chi connectivity index (χ0v) is 18.8. The molecular formula is C18H18Cl2N4O3S2. The molecule has 2 aromatic heterocycles. The van der Waals surface area contributed by atoms with Crippen LogP contribution < -0.4 is 4.90 Å². The molecule has 0 saturated carbocycles. The third kappa shape index (κ3) is 5.97. The van der Waals surface area contributed by atoms with Gasteiger partial charge in [-0.15, -0.1) is 12.4 Å². The molecule has 11 heteroatoms. The summed E-state index contributed by atoms with van der Waals surface area (Å²) in [4.78, 5) is 32.0. The zero-order valence-electron chi connectivity index (χ0n) is 15.6. The standard InChI is InChI=1S/C18H17ClN4O3S2.ClH/c1-21(2)9-10-22(18-20-14-6-3-12(19)11-15(14)28-18)16(24)7-4-13-5-8-17(27-13)23(25)26;/h3-8,11H,9-10H2,1-2H3;1H. The number of carbonyl (C=O) groups is 1. The second kappa shape index (κ2) is 10.1. The number of hydrogen-bond donors (Lipinski definition) is 0. The van der Waals surface area contributed by atoms with Crippen molar-refractivity contribution in [3.63, 3.8) is 0 Å². The van der Waals surface area contributed by atoms with Crippen LogP contribution in [0, 0.1) is 10.1 Å². The molecule has 0 aliphatic carbocycles. The summed E-state index contributed by atoms with van der Waals surface area (Å²) in [6.07, 6.45) is 3.01. The molecule has 0 aliphatic heterocycles. The predicted octanol–water partition coefficient (Wildman–Crippen LogP) is 4.95. The zero-order chi connectivity index (χ0) is 20.3. The Morgan fingerprint density at radius 2 is 2.00 bits per heavy atom. The van der Waals surface area contributed by atoms with Gasteiger partial charge >= 0.3 is 5.00 Å². The molecular weight excluding hydrogens is 455 g/mol. The van der Waals surface area contributed by atoms with Crippen molar-refractivity contribution in [3.8, 4) is 0 Å². The van der Waals surface area contributed by atoms with Crippen LogP contribution in [0.4, 0.5) is 10.1 Å². The Balaban J connectivity index is 0.00000300. The van der Waals surface area contributed by atoms with E-state index in [2.05, 4.69) is 4.98 Å². The van der Waals surface area contributed by atoms with Crippen LogP contribution in [-0.4, -0.2) is 47.9 Å². The first-order valence-electron chi connectivity index (χ1n) is 8.28. The molecule has 29 heavy (non-hydrogen) atoms. The van der Waals surface area contributed by atoms with Gasteiger partial charge in [0.25, 0.3) is 5.91 Å². The molecule has 3 rings (SSSR count). The fourth-order valence-corrected chi connectivity index (χ4v) is 4.37. The lowest BCUT2D eigenvalue weighted by atomic mass is 10.3. The van der Waals surface area contributed by atoms with Crippen LogP contribution in [0.3, 0.4) is 0 Å². The van der Waals surface area contributed by atoms with Gasteiger partial charge in [0.2, 0.25) is 0 Å². The Morgan fingerprint density at radius 3 is 2.66 bits per heavy atom. The van der Waals surface area contributed by atoms with Gasteiger partial charge in [0.05, 0.1) is 15.1 Å². The number of hydrogen-bond acceptors (Lipinski definition) is 7. The van der Waals surface area contributed by atoms with Crippen LogP contribution in [0.25, 0.3) is 16.3 Å². The second-order valence-corrected chi connectivity index (χ2v) is 8.71. The average molecular weight is 473 g/mol. The number of nitro groups is 1. The van der Waals surface area contributed by atoms with Gasteiger partial charge in [-0.3, -0.25) is 19.8 Å². The van der Waals surface area contributed by atoms with Crippen molar-refractivity contribution < 1.29 is 9.72 Å². The smallest absolute Gasteiger partial charge is 0.308 e. The number of rotatable bonds is 7. The number of aromatic nitrogens is 1. The molecule has 0 saturated heterocycles. The SMILES string of the molecule is CN(C)CCN(C(=O)C=Cc1ccc([N+](=O)[O-])s1)c1nc2ccc(Cl)cc2s1.Cl. The van der Waals surface area contributed by atoms with Gasteiger partial charge < -0.3 is 4.90 Å². The minimum atomic E-state index is -0.445. The number of carbonyl (C=O) groups excluding carboxylic acids is 1. The van der Waals surface area contributed by atoms with E-state index >= 15 is 0 Å². The summed E-state index contributed by atoms with van der Waals surface area (Å²) in [5.74, 6) is -0.233. The molecule has 0 bridgehead atoms. The van der Waals surface area contributed by atoms with Crippen LogP contribution in [-0.2, 0) is 4.79 Å². The maximum absolute atomic E-state index is 12.8. The number of thiazole rings is 1. The van der Waals surface area contributed by atoms with E-state index in [4.69, 9.17) is 11.6 Å². The Kier molecular flexibility index (Phi) is 8.12. The third-order valence-electron chi connectivity index (χ3n) is 3.79. The van der Waals surface area contributed by atoms with Gasteiger partial charge in [0.15, 0.2) is 5.13 Å². The minimum Gasteiger partial charge on any atom is -0.308 e. The van der Waals surface area contributed by atoms with Gasteiger partial charge in [0, 0.05) is 35.1 Å². The molecule has 2 heterocycles. The van der Waals surface area contributed by atoms with E-state index in [-0.39, 0.29) is 23.3 Å². The lowest BCUT2D eigenvalue weighted by molar-refractivity contribution is -0.380.